The Kier molecular flexibility index (Phi) is 6.95. The molecule has 1 N–H and O–H groups in total. The molecule has 1 atom stereocenters. The van der Waals surface area contributed by atoms with Gasteiger partial charge in [-0.25, -0.2) is 8.42 Å². The maximum atomic E-state index is 13.0. The lowest BCUT2D eigenvalue weighted by Crippen LogP contribution is -2.42. The van der Waals surface area contributed by atoms with E-state index < -0.39 is 15.9 Å². The molecule has 0 aliphatic heterocycles. The number of amides is 1. The Hall–Kier alpha value is -2.64. The van der Waals surface area contributed by atoms with Crippen LogP contribution in [0.3, 0.4) is 0 Å². The summed E-state index contributed by atoms with van der Waals surface area (Å²) in [6.45, 7) is 1.67. The molecular formula is C23H23BrN2O3S. The van der Waals surface area contributed by atoms with Crippen LogP contribution in [0, 0.1) is 6.92 Å². The summed E-state index contributed by atoms with van der Waals surface area (Å²) in [6.07, 6.45) is 1.09. The van der Waals surface area contributed by atoms with Gasteiger partial charge in [-0.2, -0.15) is 0 Å². The summed E-state index contributed by atoms with van der Waals surface area (Å²) < 4.78 is 26.6. The van der Waals surface area contributed by atoms with Gasteiger partial charge in [0.25, 0.3) is 0 Å². The van der Waals surface area contributed by atoms with Crippen molar-refractivity contribution in [3.05, 3.63) is 100 Å². The Morgan fingerprint density at radius 3 is 2.30 bits per heavy atom. The van der Waals surface area contributed by atoms with Crippen molar-refractivity contribution in [1.29, 1.82) is 0 Å². The van der Waals surface area contributed by atoms with Crippen molar-refractivity contribution >= 4 is 37.5 Å². The van der Waals surface area contributed by atoms with E-state index in [0.717, 1.165) is 31.7 Å². The Balaban J connectivity index is 1.91. The van der Waals surface area contributed by atoms with Gasteiger partial charge in [0.05, 0.1) is 18.0 Å². The average Bonchev–Trinajstić information content (AvgIpc) is 2.71. The maximum absolute atomic E-state index is 13.0. The Bertz CT molecular complexity index is 1130. The lowest BCUT2D eigenvalue weighted by atomic mass is 9.95. The summed E-state index contributed by atoms with van der Waals surface area (Å²) in [5.41, 5.74) is 3.35. The minimum atomic E-state index is -3.65. The number of nitrogens with one attached hydrogen (secondary N) is 1. The first kappa shape index (κ1) is 22.1. The molecule has 0 bridgehead atoms. The second kappa shape index (κ2) is 9.45. The van der Waals surface area contributed by atoms with E-state index in [-0.39, 0.29) is 12.6 Å². The van der Waals surface area contributed by atoms with E-state index in [2.05, 4.69) is 21.2 Å². The van der Waals surface area contributed by atoms with Crippen LogP contribution < -0.4 is 9.62 Å². The number of hydrogen-bond acceptors (Lipinski definition) is 3. The van der Waals surface area contributed by atoms with Crippen LogP contribution in [0.4, 0.5) is 5.69 Å². The molecule has 0 aliphatic carbocycles. The van der Waals surface area contributed by atoms with Crippen molar-refractivity contribution in [3.63, 3.8) is 0 Å². The summed E-state index contributed by atoms with van der Waals surface area (Å²) in [5, 5.41) is 3.02. The largest absolute Gasteiger partial charge is 0.344 e. The molecule has 7 heteroatoms. The number of anilines is 1. The highest BCUT2D eigenvalue weighted by Crippen LogP contribution is 2.26. The van der Waals surface area contributed by atoms with Crippen molar-refractivity contribution in [2.45, 2.75) is 13.0 Å². The van der Waals surface area contributed by atoms with Crippen LogP contribution >= 0.6 is 15.9 Å². The van der Waals surface area contributed by atoms with E-state index >= 15 is 0 Å². The number of halogens is 1. The third-order valence-corrected chi connectivity index (χ3v) is 6.36. The molecule has 3 aromatic carbocycles. The first-order valence-corrected chi connectivity index (χ1v) is 12.0. The molecule has 30 heavy (non-hydrogen) atoms. The topological polar surface area (TPSA) is 66.5 Å². The highest BCUT2D eigenvalue weighted by molar-refractivity contribution is 9.10. The van der Waals surface area contributed by atoms with Crippen molar-refractivity contribution in [1.82, 2.24) is 5.32 Å². The molecule has 0 unspecified atom stereocenters. The first-order valence-electron chi connectivity index (χ1n) is 9.39. The molecule has 0 spiro atoms. The summed E-state index contributed by atoms with van der Waals surface area (Å²) in [4.78, 5) is 13.0. The molecule has 3 rings (SSSR count). The Morgan fingerprint density at radius 2 is 1.67 bits per heavy atom. The van der Waals surface area contributed by atoms with Crippen molar-refractivity contribution in [2.24, 2.45) is 0 Å². The van der Waals surface area contributed by atoms with Crippen molar-refractivity contribution in [2.75, 3.05) is 17.1 Å². The predicted molar refractivity (Wildman–Crippen MR) is 124 cm³/mol. The lowest BCUT2D eigenvalue weighted by molar-refractivity contribution is -0.120. The van der Waals surface area contributed by atoms with Gasteiger partial charge in [0.15, 0.2) is 0 Å². The van der Waals surface area contributed by atoms with Crippen LogP contribution in [-0.2, 0) is 14.8 Å². The highest BCUT2D eigenvalue weighted by Gasteiger charge is 2.24. The SMILES string of the molecule is Cc1ccccc1[C@@H](NC(=O)CN(c1cccc(Br)c1)S(C)(=O)=O)c1ccccc1. The maximum Gasteiger partial charge on any atom is 0.241 e. The summed E-state index contributed by atoms with van der Waals surface area (Å²) >= 11 is 3.35. The number of benzene rings is 3. The zero-order valence-corrected chi connectivity index (χ0v) is 19.2. The third kappa shape index (κ3) is 5.49. The summed E-state index contributed by atoms with van der Waals surface area (Å²) in [5.74, 6) is -0.391. The van der Waals surface area contributed by atoms with Gasteiger partial charge in [0.1, 0.15) is 6.54 Å². The molecule has 156 valence electrons. The van der Waals surface area contributed by atoms with Gasteiger partial charge in [-0.3, -0.25) is 9.10 Å². The van der Waals surface area contributed by atoms with Gasteiger partial charge in [-0.15, -0.1) is 0 Å². The highest BCUT2D eigenvalue weighted by atomic mass is 79.9. The minimum Gasteiger partial charge on any atom is -0.344 e. The number of carbonyl (C=O) groups is 1. The van der Waals surface area contributed by atoms with Crippen LogP contribution in [0.1, 0.15) is 22.7 Å². The number of sulfonamides is 1. The summed E-state index contributed by atoms with van der Waals surface area (Å²) in [7, 11) is -3.65. The Labute approximate surface area is 185 Å². The van der Waals surface area contributed by atoms with Gasteiger partial charge in [-0.05, 0) is 41.8 Å². The molecule has 0 saturated heterocycles. The number of carbonyl (C=O) groups excluding carboxylic acids is 1. The van der Waals surface area contributed by atoms with E-state index in [9.17, 15) is 13.2 Å². The second-order valence-corrected chi connectivity index (χ2v) is 9.84. The second-order valence-electron chi connectivity index (χ2n) is 7.02. The number of nitrogens with zero attached hydrogens (tertiary/aromatic N) is 1. The van der Waals surface area contributed by atoms with Crippen molar-refractivity contribution in [3.8, 4) is 0 Å². The van der Waals surface area contributed by atoms with E-state index in [1.54, 1.807) is 24.3 Å². The zero-order chi connectivity index (χ0) is 21.7. The van der Waals surface area contributed by atoms with Crippen LogP contribution in [0.5, 0.6) is 0 Å². The smallest absolute Gasteiger partial charge is 0.241 e. The lowest BCUT2D eigenvalue weighted by Gasteiger charge is -2.25. The fraction of sp³-hybridized carbons (Fsp3) is 0.174. The van der Waals surface area contributed by atoms with Gasteiger partial charge in [0, 0.05) is 4.47 Å². The molecule has 0 aromatic heterocycles. The number of hydrogen-bond donors (Lipinski definition) is 1. The summed E-state index contributed by atoms with van der Waals surface area (Å²) in [6, 6.07) is 23.9. The van der Waals surface area contributed by atoms with Crippen LogP contribution in [-0.4, -0.2) is 27.1 Å². The zero-order valence-electron chi connectivity index (χ0n) is 16.7. The van der Waals surface area contributed by atoms with Crippen LogP contribution in [0.2, 0.25) is 0 Å². The van der Waals surface area contributed by atoms with Gasteiger partial charge < -0.3 is 5.32 Å². The molecule has 0 saturated carbocycles. The quantitative estimate of drug-likeness (QED) is 0.536. The molecule has 0 aliphatic rings. The molecule has 0 fully saturated rings. The average molecular weight is 487 g/mol. The number of aryl methyl sites for hydroxylation is 1. The normalized spacial score (nSPS) is 12.2. The molecular weight excluding hydrogens is 464 g/mol. The van der Waals surface area contributed by atoms with Crippen LogP contribution in [0.15, 0.2) is 83.3 Å². The van der Waals surface area contributed by atoms with Crippen molar-refractivity contribution < 1.29 is 13.2 Å². The van der Waals surface area contributed by atoms with Gasteiger partial charge in [0.2, 0.25) is 15.9 Å². The monoisotopic (exact) mass is 486 g/mol. The molecule has 0 radical (unpaired) electrons. The third-order valence-electron chi connectivity index (χ3n) is 4.72. The van der Waals surface area contributed by atoms with Gasteiger partial charge >= 0.3 is 0 Å². The molecule has 3 aromatic rings. The standard InChI is InChI=1S/C23H23BrN2O3S/c1-17-9-6-7-14-21(17)23(18-10-4-3-5-11-18)25-22(27)16-26(30(2,28)29)20-13-8-12-19(24)15-20/h3-15,23H,16H2,1-2H3,(H,25,27)/t23-/m0/s1. The van der Waals surface area contributed by atoms with E-state index in [1.807, 2.05) is 61.5 Å². The van der Waals surface area contributed by atoms with Crippen LogP contribution in [0.25, 0.3) is 0 Å². The minimum absolute atomic E-state index is 0.315. The fourth-order valence-corrected chi connectivity index (χ4v) is 4.50. The fourth-order valence-electron chi connectivity index (χ4n) is 3.27. The van der Waals surface area contributed by atoms with Gasteiger partial charge in [-0.1, -0.05) is 76.6 Å². The molecule has 1 amide bonds. The van der Waals surface area contributed by atoms with E-state index in [4.69, 9.17) is 0 Å². The molecule has 5 nitrogen and oxygen atoms in total. The first-order chi connectivity index (χ1) is 14.3. The Morgan fingerprint density at radius 1 is 1.00 bits per heavy atom. The molecule has 0 heterocycles. The number of rotatable bonds is 7. The van der Waals surface area contributed by atoms with E-state index in [0.29, 0.717) is 5.69 Å². The van der Waals surface area contributed by atoms with E-state index in [1.165, 1.54) is 0 Å². The predicted octanol–water partition coefficient (Wildman–Crippen LogP) is 4.43.